The molecule has 0 aliphatic carbocycles. The first-order valence-corrected chi connectivity index (χ1v) is 6.07. The summed E-state index contributed by atoms with van der Waals surface area (Å²) >= 11 is 5.94. The van der Waals surface area contributed by atoms with Crippen molar-refractivity contribution in [1.29, 1.82) is 0 Å². The van der Waals surface area contributed by atoms with Crippen LogP contribution in [0.3, 0.4) is 0 Å². The van der Waals surface area contributed by atoms with Gasteiger partial charge < -0.3 is 4.74 Å². The highest BCUT2D eigenvalue weighted by Gasteiger charge is 2.10. The lowest BCUT2D eigenvalue weighted by molar-refractivity contribution is 0.447. The summed E-state index contributed by atoms with van der Waals surface area (Å²) in [7, 11) is 0. The van der Waals surface area contributed by atoms with Crippen molar-refractivity contribution < 1.29 is 13.5 Å². The fourth-order valence-corrected chi connectivity index (χ4v) is 1.98. The minimum absolute atomic E-state index is 0.130. The third-order valence-corrected chi connectivity index (χ3v) is 2.99. The second kappa shape index (κ2) is 5.02. The summed E-state index contributed by atoms with van der Waals surface area (Å²) in [4.78, 5) is 0. The molecule has 0 N–H and O–H groups in total. The standard InChI is InChI=1S/C14H7ClF2N2O/c15-13-9-3-1-2-4-10(9)14(19-18-13)20-8-5-6-11(16)12(17)7-8/h1-7H. The van der Waals surface area contributed by atoms with Crippen LogP contribution in [0.15, 0.2) is 42.5 Å². The van der Waals surface area contributed by atoms with Crippen molar-refractivity contribution in [1.82, 2.24) is 10.2 Å². The number of hydrogen-bond donors (Lipinski definition) is 0. The predicted molar refractivity (Wildman–Crippen MR) is 71.0 cm³/mol. The third kappa shape index (κ3) is 2.28. The largest absolute Gasteiger partial charge is 0.437 e. The Bertz CT molecular complexity index is 795. The van der Waals surface area contributed by atoms with Crippen LogP contribution in [0.4, 0.5) is 8.78 Å². The van der Waals surface area contributed by atoms with Crippen LogP contribution < -0.4 is 4.74 Å². The molecule has 2 aromatic carbocycles. The van der Waals surface area contributed by atoms with Crippen LogP contribution in [0.5, 0.6) is 11.6 Å². The maximum absolute atomic E-state index is 13.1. The maximum atomic E-state index is 13.1. The zero-order chi connectivity index (χ0) is 14.1. The van der Waals surface area contributed by atoms with E-state index in [1.165, 1.54) is 6.07 Å². The molecule has 0 unspecified atom stereocenters. The molecule has 20 heavy (non-hydrogen) atoms. The topological polar surface area (TPSA) is 35.0 Å². The van der Waals surface area contributed by atoms with Crippen LogP contribution in [-0.4, -0.2) is 10.2 Å². The Morgan fingerprint density at radius 3 is 2.40 bits per heavy atom. The molecule has 1 heterocycles. The Labute approximate surface area is 117 Å². The van der Waals surface area contributed by atoms with Crippen molar-refractivity contribution in [2.24, 2.45) is 0 Å². The van der Waals surface area contributed by atoms with Gasteiger partial charge in [-0.3, -0.25) is 0 Å². The Morgan fingerprint density at radius 1 is 0.900 bits per heavy atom. The molecule has 0 amide bonds. The van der Waals surface area contributed by atoms with E-state index in [2.05, 4.69) is 10.2 Å². The predicted octanol–water partition coefficient (Wildman–Crippen LogP) is 4.35. The molecular formula is C14H7ClF2N2O. The van der Waals surface area contributed by atoms with Gasteiger partial charge in [0, 0.05) is 16.8 Å². The minimum Gasteiger partial charge on any atom is -0.437 e. The normalized spacial score (nSPS) is 10.8. The van der Waals surface area contributed by atoms with Gasteiger partial charge in [-0.15, -0.1) is 10.2 Å². The van der Waals surface area contributed by atoms with E-state index in [0.29, 0.717) is 10.8 Å². The molecule has 0 radical (unpaired) electrons. The zero-order valence-electron chi connectivity index (χ0n) is 9.98. The molecule has 0 saturated carbocycles. The molecule has 3 nitrogen and oxygen atoms in total. The SMILES string of the molecule is Fc1ccc(Oc2nnc(Cl)c3ccccc23)cc1F. The van der Waals surface area contributed by atoms with Crippen LogP contribution in [0, 0.1) is 11.6 Å². The summed E-state index contributed by atoms with van der Waals surface area (Å²) in [5, 5.41) is 9.15. The van der Waals surface area contributed by atoms with Gasteiger partial charge >= 0.3 is 0 Å². The number of ether oxygens (including phenoxy) is 1. The summed E-state index contributed by atoms with van der Waals surface area (Å²) in [5.74, 6) is -1.63. The Morgan fingerprint density at radius 2 is 1.65 bits per heavy atom. The lowest BCUT2D eigenvalue weighted by Crippen LogP contribution is -1.94. The van der Waals surface area contributed by atoms with E-state index < -0.39 is 11.6 Å². The van der Waals surface area contributed by atoms with Crippen molar-refractivity contribution in [2.75, 3.05) is 0 Å². The fraction of sp³-hybridized carbons (Fsp3) is 0. The highest BCUT2D eigenvalue weighted by molar-refractivity contribution is 6.34. The number of fused-ring (bicyclic) bond motifs is 1. The molecule has 0 fully saturated rings. The first-order valence-electron chi connectivity index (χ1n) is 5.69. The number of aromatic nitrogens is 2. The number of hydrogen-bond acceptors (Lipinski definition) is 3. The fourth-order valence-electron chi connectivity index (χ4n) is 1.77. The number of nitrogens with zero attached hydrogens (tertiary/aromatic N) is 2. The molecule has 6 heteroatoms. The second-order valence-corrected chi connectivity index (χ2v) is 4.38. The highest BCUT2D eigenvalue weighted by atomic mass is 35.5. The van der Waals surface area contributed by atoms with Crippen molar-refractivity contribution in [3.05, 3.63) is 59.3 Å². The van der Waals surface area contributed by atoms with Crippen molar-refractivity contribution in [2.45, 2.75) is 0 Å². The van der Waals surface area contributed by atoms with Gasteiger partial charge in [0.1, 0.15) is 5.75 Å². The van der Waals surface area contributed by atoms with Gasteiger partial charge in [-0.2, -0.15) is 0 Å². The zero-order valence-corrected chi connectivity index (χ0v) is 10.7. The smallest absolute Gasteiger partial charge is 0.246 e. The third-order valence-electron chi connectivity index (χ3n) is 2.71. The first kappa shape index (κ1) is 12.7. The number of benzene rings is 2. The molecule has 3 rings (SSSR count). The molecule has 0 aliphatic heterocycles. The second-order valence-electron chi connectivity index (χ2n) is 4.02. The molecule has 0 spiro atoms. The molecule has 0 bridgehead atoms. The average Bonchev–Trinajstić information content (AvgIpc) is 2.46. The molecule has 0 saturated heterocycles. The van der Waals surface area contributed by atoms with Crippen molar-refractivity contribution >= 4 is 22.4 Å². The summed E-state index contributed by atoms with van der Waals surface area (Å²) in [6, 6.07) is 10.4. The van der Waals surface area contributed by atoms with E-state index in [9.17, 15) is 8.78 Å². The van der Waals surface area contributed by atoms with Crippen LogP contribution >= 0.6 is 11.6 Å². The van der Waals surface area contributed by atoms with Gasteiger partial charge in [0.15, 0.2) is 16.8 Å². The first-order chi connectivity index (χ1) is 9.65. The van der Waals surface area contributed by atoms with Crippen LogP contribution in [-0.2, 0) is 0 Å². The quantitative estimate of drug-likeness (QED) is 0.704. The molecule has 0 atom stereocenters. The van der Waals surface area contributed by atoms with Gasteiger partial charge in [0.2, 0.25) is 5.88 Å². The average molecular weight is 293 g/mol. The number of rotatable bonds is 2. The monoisotopic (exact) mass is 292 g/mol. The van der Waals surface area contributed by atoms with Gasteiger partial charge in [0.25, 0.3) is 0 Å². The Hall–Kier alpha value is -2.27. The molecule has 0 aliphatic rings. The Kier molecular flexibility index (Phi) is 3.20. The van der Waals surface area contributed by atoms with E-state index in [4.69, 9.17) is 16.3 Å². The van der Waals surface area contributed by atoms with E-state index in [1.807, 2.05) is 0 Å². The van der Waals surface area contributed by atoms with E-state index >= 15 is 0 Å². The van der Waals surface area contributed by atoms with Crippen molar-refractivity contribution in [3.63, 3.8) is 0 Å². The summed E-state index contributed by atoms with van der Waals surface area (Å²) in [6.45, 7) is 0. The van der Waals surface area contributed by atoms with Gasteiger partial charge in [-0.25, -0.2) is 8.78 Å². The van der Waals surface area contributed by atoms with Gasteiger partial charge in [-0.05, 0) is 18.2 Å². The van der Waals surface area contributed by atoms with E-state index in [1.54, 1.807) is 24.3 Å². The molecule has 100 valence electrons. The van der Waals surface area contributed by atoms with Gasteiger partial charge in [0.05, 0.1) is 0 Å². The Balaban J connectivity index is 2.06. The van der Waals surface area contributed by atoms with E-state index in [-0.39, 0.29) is 16.8 Å². The summed E-state index contributed by atoms with van der Waals surface area (Å²) < 4.78 is 31.5. The van der Waals surface area contributed by atoms with Crippen LogP contribution in [0.1, 0.15) is 0 Å². The number of halogens is 3. The van der Waals surface area contributed by atoms with Gasteiger partial charge in [-0.1, -0.05) is 29.8 Å². The lowest BCUT2D eigenvalue weighted by Gasteiger charge is -2.08. The van der Waals surface area contributed by atoms with Crippen LogP contribution in [0.2, 0.25) is 5.15 Å². The summed E-state index contributed by atoms with van der Waals surface area (Å²) in [5.41, 5.74) is 0. The van der Waals surface area contributed by atoms with E-state index in [0.717, 1.165) is 12.1 Å². The van der Waals surface area contributed by atoms with Crippen LogP contribution in [0.25, 0.3) is 10.8 Å². The summed E-state index contributed by atoms with van der Waals surface area (Å²) in [6.07, 6.45) is 0. The molecule has 3 aromatic rings. The molecular weight excluding hydrogens is 286 g/mol. The lowest BCUT2D eigenvalue weighted by atomic mass is 10.2. The van der Waals surface area contributed by atoms with Crippen molar-refractivity contribution in [3.8, 4) is 11.6 Å². The maximum Gasteiger partial charge on any atom is 0.246 e. The minimum atomic E-state index is -0.992. The molecule has 1 aromatic heterocycles. The highest BCUT2D eigenvalue weighted by Crippen LogP contribution is 2.30.